The molecule has 4 aromatic rings. The molecule has 1 fully saturated rings. The number of nitrogens with one attached hydrogen (secondary N) is 1. The number of hydrogen-bond acceptors (Lipinski definition) is 7. The van der Waals surface area contributed by atoms with E-state index in [0.29, 0.717) is 40.5 Å². The van der Waals surface area contributed by atoms with Crippen molar-refractivity contribution in [3.63, 3.8) is 0 Å². The van der Waals surface area contributed by atoms with Crippen molar-refractivity contribution in [1.82, 2.24) is 14.9 Å². The van der Waals surface area contributed by atoms with Crippen LogP contribution >= 0.6 is 0 Å². The first-order valence-electron chi connectivity index (χ1n) is 11.6. The molecule has 1 N–H and O–H groups in total. The van der Waals surface area contributed by atoms with Gasteiger partial charge in [0.1, 0.15) is 17.5 Å². The summed E-state index contributed by atoms with van der Waals surface area (Å²) >= 11 is 0. The van der Waals surface area contributed by atoms with Crippen LogP contribution in [0.5, 0.6) is 0 Å². The number of carbonyl (C=O) groups is 1. The molecule has 9 heteroatoms. The molecule has 0 radical (unpaired) electrons. The van der Waals surface area contributed by atoms with Crippen LogP contribution in [0.2, 0.25) is 0 Å². The quantitative estimate of drug-likeness (QED) is 0.357. The van der Waals surface area contributed by atoms with Crippen LogP contribution in [0.15, 0.2) is 50.2 Å². The fourth-order valence-electron chi connectivity index (χ4n) is 4.55. The number of benzene rings is 2. The Bertz CT molecular complexity index is 1450. The van der Waals surface area contributed by atoms with E-state index in [9.17, 15) is 13.2 Å². The van der Waals surface area contributed by atoms with Crippen LogP contribution in [0, 0.1) is 11.8 Å². The Morgan fingerprint density at radius 2 is 1.88 bits per heavy atom. The highest BCUT2D eigenvalue weighted by Gasteiger charge is 2.23. The molecule has 1 atom stereocenters. The summed E-state index contributed by atoms with van der Waals surface area (Å²) in [6.07, 6.45) is 6.39. The van der Waals surface area contributed by atoms with Crippen LogP contribution in [0.1, 0.15) is 45.4 Å². The zero-order valence-electron chi connectivity index (χ0n) is 19.2. The molecule has 178 valence electrons. The summed E-state index contributed by atoms with van der Waals surface area (Å²) in [6.45, 7) is 3.57. The topological polar surface area (TPSA) is 115 Å². The number of furan rings is 1. The molecular weight excluding hydrogens is 454 g/mol. The monoisotopic (exact) mass is 481 g/mol. The van der Waals surface area contributed by atoms with Gasteiger partial charge in [0.05, 0.1) is 10.9 Å². The van der Waals surface area contributed by atoms with Crippen LogP contribution in [0.25, 0.3) is 33.3 Å². The van der Waals surface area contributed by atoms with E-state index in [1.54, 1.807) is 26.0 Å². The molecule has 1 aliphatic carbocycles. The minimum absolute atomic E-state index is 0.0778. The Hall–Kier alpha value is -3.04. The third kappa shape index (κ3) is 4.37. The Morgan fingerprint density at radius 1 is 1.09 bits per heavy atom. The van der Waals surface area contributed by atoms with Crippen molar-refractivity contribution in [2.24, 2.45) is 11.8 Å². The number of fused-ring (bicyclic) bond motifs is 3. The van der Waals surface area contributed by atoms with Crippen LogP contribution < -0.4 is 4.72 Å². The Balaban J connectivity index is 1.45. The highest BCUT2D eigenvalue weighted by molar-refractivity contribution is 7.89. The summed E-state index contributed by atoms with van der Waals surface area (Å²) in [5.74, 6) is 1.63. The maximum atomic E-state index is 12.8. The number of aromatic nitrogens is 2. The summed E-state index contributed by atoms with van der Waals surface area (Å²) in [5.41, 5.74) is 1.94. The molecule has 2 aromatic heterocycles. The predicted octanol–water partition coefficient (Wildman–Crippen LogP) is 4.87. The van der Waals surface area contributed by atoms with Gasteiger partial charge in [-0.25, -0.2) is 13.1 Å². The van der Waals surface area contributed by atoms with Crippen molar-refractivity contribution in [2.45, 2.75) is 56.9 Å². The van der Waals surface area contributed by atoms with Gasteiger partial charge < -0.3 is 13.7 Å². The molecule has 2 heterocycles. The number of carbonyl (C=O) groups excluding carboxylic acids is 1. The lowest BCUT2D eigenvalue weighted by Crippen LogP contribution is -2.39. The molecule has 0 bridgehead atoms. The average molecular weight is 482 g/mol. The summed E-state index contributed by atoms with van der Waals surface area (Å²) < 4.78 is 39.6. The molecule has 2 aromatic carbocycles. The van der Waals surface area contributed by atoms with Gasteiger partial charge in [0.15, 0.2) is 0 Å². The highest BCUT2D eigenvalue weighted by atomic mass is 32.2. The van der Waals surface area contributed by atoms with E-state index in [1.165, 1.54) is 31.7 Å². The number of hydrogen-bond donors (Lipinski definition) is 1. The van der Waals surface area contributed by atoms with E-state index in [-0.39, 0.29) is 10.8 Å². The van der Waals surface area contributed by atoms with E-state index < -0.39 is 16.1 Å². The third-order valence-corrected chi connectivity index (χ3v) is 8.03. The molecule has 0 unspecified atom stereocenters. The fraction of sp³-hybridized carbons (Fsp3) is 0.400. The number of rotatable bonds is 8. The Kier molecular flexibility index (Phi) is 5.99. The zero-order chi connectivity index (χ0) is 23.9. The molecule has 0 amide bonds. The lowest BCUT2D eigenvalue weighted by molar-refractivity contribution is -0.110. The van der Waals surface area contributed by atoms with E-state index in [0.717, 1.165) is 17.4 Å². The second-order valence-electron chi connectivity index (χ2n) is 9.36. The smallest absolute Gasteiger partial charge is 0.241 e. The van der Waals surface area contributed by atoms with Crippen molar-refractivity contribution in [1.29, 1.82) is 0 Å². The van der Waals surface area contributed by atoms with Gasteiger partial charge in [0.2, 0.25) is 21.7 Å². The summed E-state index contributed by atoms with van der Waals surface area (Å²) in [6, 6.07) is 9.47. The van der Waals surface area contributed by atoms with E-state index in [2.05, 4.69) is 14.9 Å². The van der Waals surface area contributed by atoms with E-state index in [4.69, 9.17) is 8.94 Å². The Labute approximate surface area is 197 Å². The molecule has 0 spiro atoms. The fourth-order valence-corrected chi connectivity index (χ4v) is 5.89. The van der Waals surface area contributed by atoms with Gasteiger partial charge in [-0.2, -0.15) is 4.98 Å². The first-order valence-corrected chi connectivity index (χ1v) is 13.1. The molecule has 8 nitrogen and oxygen atoms in total. The minimum atomic E-state index is -3.87. The van der Waals surface area contributed by atoms with Gasteiger partial charge in [0, 0.05) is 22.8 Å². The number of sulfonamides is 1. The van der Waals surface area contributed by atoms with Gasteiger partial charge in [-0.3, -0.25) is 0 Å². The standard InChI is InChI=1S/C25H27N3O5S/c1-15(2)21(14-29)28-34(30,31)18-8-10-22-20(13-18)19-9-7-17(12-23(19)32-22)25-26-24(33-27-25)11-16-5-3-4-6-16/h7-10,12-16,21,28H,3-6,11H2,1-2H3/t21-/m0/s1. The third-order valence-electron chi connectivity index (χ3n) is 6.57. The van der Waals surface area contributed by atoms with Gasteiger partial charge in [-0.05, 0) is 55.0 Å². The van der Waals surface area contributed by atoms with Crippen molar-refractivity contribution in [3.8, 4) is 11.4 Å². The second-order valence-corrected chi connectivity index (χ2v) is 11.1. The summed E-state index contributed by atoms with van der Waals surface area (Å²) in [4.78, 5) is 15.9. The summed E-state index contributed by atoms with van der Waals surface area (Å²) in [5, 5.41) is 5.59. The molecule has 0 saturated heterocycles. The maximum absolute atomic E-state index is 12.8. The first-order chi connectivity index (χ1) is 16.3. The lowest BCUT2D eigenvalue weighted by atomic mass is 10.0. The predicted molar refractivity (Wildman–Crippen MR) is 128 cm³/mol. The number of aldehydes is 1. The highest BCUT2D eigenvalue weighted by Crippen LogP contribution is 2.33. The molecule has 0 aliphatic heterocycles. The van der Waals surface area contributed by atoms with Gasteiger partial charge >= 0.3 is 0 Å². The van der Waals surface area contributed by atoms with E-state index in [1.807, 2.05) is 18.2 Å². The SMILES string of the molecule is CC(C)[C@H](C=O)NS(=O)(=O)c1ccc2oc3cc(-c4noc(CC5CCCC5)n4)ccc3c2c1. The average Bonchev–Trinajstić information content (AvgIpc) is 3.56. The minimum Gasteiger partial charge on any atom is -0.456 e. The van der Waals surface area contributed by atoms with Gasteiger partial charge in [-0.15, -0.1) is 0 Å². The first kappa shape index (κ1) is 22.7. The van der Waals surface area contributed by atoms with Gasteiger partial charge in [0.25, 0.3) is 0 Å². The lowest BCUT2D eigenvalue weighted by Gasteiger charge is -2.16. The normalized spacial score (nSPS) is 16.1. The van der Waals surface area contributed by atoms with Crippen LogP contribution in [-0.4, -0.2) is 30.9 Å². The Morgan fingerprint density at radius 3 is 2.62 bits per heavy atom. The van der Waals surface area contributed by atoms with Crippen molar-refractivity contribution in [3.05, 3.63) is 42.3 Å². The van der Waals surface area contributed by atoms with Crippen molar-refractivity contribution >= 4 is 38.2 Å². The zero-order valence-corrected chi connectivity index (χ0v) is 20.0. The second kappa shape index (κ2) is 8.96. The van der Waals surface area contributed by atoms with Crippen LogP contribution in [0.3, 0.4) is 0 Å². The largest absolute Gasteiger partial charge is 0.456 e. The van der Waals surface area contributed by atoms with E-state index >= 15 is 0 Å². The molecule has 1 aliphatic rings. The molecular formula is C25H27N3O5S. The van der Waals surface area contributed by atoms with Crippen molar-refractivity contribution in [2.75, 3.05) is 0 Å². The molecule has 5 rings (SSSR count). The maximum Gasteiger partial charge on any atom is 0.241 e. The van der Waals surface area contributed by atoms with Crippen LogP contribution in [-0.2, 0) is 21.2 Å². The molecule has 1 saturated carbocycles. The molecule has 34 heavy (non-hydrogen) atoms. The van der Waals surface area contributed by atoms with Gasteiger partial charge in [-0.1, -0.05) is 37.9 Å². The van der Waals surface area contributed by atoms with Crippen molar-refractivity contribution < 1.29 is 22.2 Å². The summed E-state index contributed by atoms with van der Waals surface area (Å²) in [7, 11) is -3.87. The number of nitrogens with zero attached hydrogens (tertiary/aromatic N) is 2. The van der Waals surface area contributed by atoms with Crippen LogP contribution in [0.4, 0.5) is 0 Å².